The van der Waals surface area contributed by atoms with Gasteiger partial charge in [-0.1, -0.05) is 30.3 Å². The summed E-state index contributed by atoms with van der Waals surface area (Å²) in [7, 11) is 0. The second kappa shape index (κ2) is 6.74. The van der Waals surface area contributed by atoms with Gasteiger partial charge in [-0.15, -0.1) is 0 Å². The zero-order chi connectivity index (χ0) is 16.1. The number of nitrogens with zero attached hydrogens (tertiary/aromatic N) is 2. The number of ether oxygens (including phenoxy) is 1. The number of hydrogen-bond acceptors (Lipinski definition) is 4. The molecule has 1 radical (unpaired) electrons. The number of benzene rings is 2. The highest BCUT2D eigenvalue weighted by Gasteiger charge is 2.07. The lowest BCUT2D eigenvalue weighted by atomic mass is 10.1. The number of carbonyl (C=O) groups is 1. The van der Waals surface area contributed by atoms with Gasteiger partial charge >= 0.3 is 6.09 Å². The molecule has 2 aromatic carbocycles. The molecule has 0 aliphatic heterocycles. The zero-order valence-electron chi connectivity index (χ0n) is 12.3. The Hall–Kier alpha value is -3.15. The monoisotopic (exact) mass is 307 g/mol. The predicted octanol–water partition coefficient (Wildman–Crippen LogP) is 2.72. The molecule has 1 amide bonds. The molecular formula is C17H15N4O2. The molecule has 0 spiro atoms. The highest BCUT2D eigenvalue weighted by atomic mass is 16.5. The summed E-state index contributed by atoms with van der Waals surface area (Å²) in [6, 6.07) is 16.9. The first-order chi connectivity index (χ1) is 11.2. The smallest absolute Gasteiger partial charge is 0.409 e. The molecule has 6 nitrogen and oxygen atoms in total. The predicted molar refractivity (Wildman–Crippen MR) is 85.6 cm³/mol. The van der Waals surface area contributed by atoms with E-state index in [0.717, 1.165) is 12.0 Å². The van der Waals surface area contributed by atoms with Crippen molar-refractivity contribution in [2.75, 3.05) is 0 Å². The average Bonchev–Trinajstić information content (AvgIpc) is 3.03. The summed E-state index contributed by atoms with van der Waals surface area (Å²) in [4.78, 5) is 15.1. The van der Waals surface area contributed by atoms with Crippen molar-refractivity contribution in [2.24, 2.45) is 5.73 Å². The van der Waals surface area contributed by atoms with E-state index >= 15 is 0 Å². The first-order valence-corrected chi connectivity index (χ1v) is 7.08. The Labute approximate surface area is 133 Å². The maximum Gasteiger partial charge on any atom is 0.409 e. The third-order valence-corrected chi connectivity index (χ3v) is 3.21. The lowest BCUT2D eigenvalue weighted by Gasteiger charge is -2.00. The summed E-state index contributed by atoms with van der Waals surface area (Å²) in [6.45, 7) is 0. The maximum atomic E-state index is 10.7. The van der Waals surface area contributed by atoms with Gasteiger partial charge in [-0.05, 0) is 36.2 Å². The first kappa shape index (κ1) is 14.8. The van der Waals surface area contributed by atoms with Gasteiger partial charge in [0.15, 0.2) is 5.82 Å². The molecule has 23 heavy (non-hydrogen) atoms. The molecule has 0 atom stereocenters. The number of aromatic nitrogens is 3. The van der Waals surface area contributed by atoms with Gasteiger partial charge < -0.3 is 10.5 Å². The molecule has 0 unspecified atom stereocenters. The second-order valence-corrected chi connectivity index (χ2v) is 4.88. The first-order valence-electron chi connectivity index (χ1n) is 7.08. The van der Waals surface area contributed by atoms with Crippen LogP contribution in [0.25, 0.3) is 11.4 Å². The van der Waals surface area contributed by atoms with Crippen molar-refractivity contribution < 1.29 is 9.53 Å². The van der Waals surface area contributed by atoms with Crippen molar-refractivity contribution in [2.45, 2.75) is 6.42 Å². The molecule has 3 N–H and O–H groups in total. The van der Waals surface area contributed by atoms with E-state index < -0.39 is 6.09 Å². The van der Waals surface area contributed by atoms with Crippen LogP contribution in [0.15, 0.2) is 54.6 Å². The summed E-state index contributed by atoms with van der Waals surface area (Å²) in [5, 5.41) is 7.09. The van der Waals surface area contributed by atoms with Gasteiger partial charge in [-0.3, -0.25) is 5.10 Å². The summed E-state index contributed by atoms with van der Waals surface area (Å²) in [5.74, 6) is 1.67. The molecule has 6 heteroatoms. The second-order valence-electron chi connectivity index (χ2n) is 4.88. The number of nitrogens with one attached hydrogen (secondary N) is 1. The van der Waals surface area contributed by atoms with Crippen LogP contribution in [0.1, 0.15) is 11.4 Å². The number of aromatic amines is 1. The molecular weight excluding hydrogens is 292 g/mol. The van der Waals surface area contributed by atoms with Gasteiger partial charge in [0.1, 0.15) is 11.6 Å². The standard InChI is InChI=1S/C17H15N4O2/c18-17(22)23-14-9-7-13(8-10-14)16-19-15(20-21-16)11-6-12-4-2-1-3-5-12/h1-5,7-11H,6H2,(H2,18,22)(H,19,20,21). The minimum Gasteiger partial charge on any atom is -0.411 e. The van der Waals surface area contributed by atoms with Crippen LogP contribution in [0.3, 0.4) is 0 Å². The molecule has 1 heterocycles. The number of H-pyrrole nitrogens is 1. The lowest BCUT2D eigenvalue weighted by molar-refractivity contribution is 0.211. The molecule has 0 aliphatic rings. The quantitative estimate of drug-likeness (QED) is 0.757. The van der Waals surface area contributed by atoms with Crippen LogP contribution in [-0.4, -0.2) is 21.3 Å². The van der Waals surface area contributed by atoms with E-state index in [4.69, 9.17) is 10.5 Å². The molecule has 3 aromatic rings. The Bertz CT molecular complexity index is 782. The van der Waals surface area contributed by atoms with Crippen molar-refractivity contribution in [3.63, 3.8) is 0 Å². The highest BCUT2D eigenvalue weighted by molar-refractivity contribution is 5.68. The number of primary amides is 1. The summed E-state index contributed by atoms with van der Waals surface area (Å²) < 4.78 is 4.78. The Morgan fingerprint density at radius 1 is 1.13 bits per heavy atom. The van der Waals surface area contributed by atoms with Crippen LogP contribution in [0.2, 0.25) is 0 Å². The summed E-state index contributed by atoms with van der Waals surface area (Å²) in [6.07, 6.45) is 1.92. The van der Waals surface area contributed by atoms with Crippen LogP contribution in [0.5, 0.6) is 5.75 Å². The minimum atomic E-state index is -0.839. The number of rotatable bonds is 5. The van der Waals surface area contributed by atoms with Gasteiger partial charge in [0.05, 0.1) is 0 Å². The fourth-order valence-electron chi connectivity index (χ4n) is 2.11. The third kappa shape index (κ3) is 3.94. The third-order valence-electron chi connectivity index (χ3n) is 3.21. The van der Waals surface area contributed by atoms with Crippen molar-refractivity contribution in [1.29, 1.82) is 0 Å². The van der Waals surface area contributed by atoms with E-state index in [-0.39, 0.29) is 0 Å². The van der Waals surface area contributed by atoms with Crippen molar-refractivity contribution in [3.8, 4) is 17.1 Å². The highest BCUT2D eigenvalue weighted by Crippen LogP contribution is 2.19. The van der Waals surface area contributed by atoms with Crippen LogP contribution >= 0.6 is 0 Å². The largest absolute Gasteiger partial charge is 0.411 e. The fourth-order valence-corrected chi connectivity index (χ4v) is 2.11. The Balaban J connectivity index is 1.65. The number of amides is 1. The topological polar surface area (TPSA) is 93.9 Å². The van der Waals surface area contributed by atoms with E-state index in [9.17, 15) is 4.79 Å². The number of hydrogen-bond donors (Lipinski definition) is 2. The summed E-state index contributed by atoms with van der Waals surface area (Å²) >= 11 is 0. The minimum absolute atomic E-state index is 0.382. The number of nitrogens with two attached hydrogens (primary N) is 1. The van der Waals surface area contributed by atoms with Gasteiger partial charge in [0.2, 0.25) is 0 Å². The molecule has 0 saturated heterocycles. The fraction of sp³-hybridized carbons (Fsp3) is 0.0588. The van der Waals surface area contributed by atoms with Gasteiger partial charge in [-0.2, -0.15) is 5.10 Å². The van der Waals surface area contributed by atoms with Crippen molar-refractivity contribution in [1.82, 2.24) is 15.2 Å². The van der Waals surface area contributed by atoms with Gasteiger partial charge in [0, 0.05) is 12.0 Å². The average molecular weight is 307 g/mol. The van der Waals surface area contributed by atoms with Crippen LogP contribution in [0.4, 0.5) is 4.79 Å². The normalized spacial score (nSPS) is 10.4. The Kier molecular flexibility index (Phi) is 4.33. The lowest BCUT2D eigenvalue weighted by Crippen LogP contribution is -2.16. The molecule has 115 valence electrons. The van der Waals surface area contributed by atoms with E-state index in [1.165, 1.54) is 5.56 Å². The SMILES string of the molecule is NC(=O)Oc1ccc(-c2n[nH]c([CH]Cc3ccccc3)n2)cc1. The molecule has 0 fully saturated rings. The zero-order valence-corrected chi connectivity index (χ0v) is 12.3. The van der Waals surface area contributed by atoms with Gasteiger partial charge in [0.25, 0.3) is 0 Å². The Morgan fingerprint density at radius 2 is 1.87 bits per heavy atom. The Morgan fingerprint density at radius 3 is 2.57 bits per heavy atom. The van der Waals surface area contributed by atoms with E-state index in [2.05, 4.69) is 27.3 Å². The van der Waals surface area contributed by atoms with Crippen molar-refractivity contribution >= 4 is 6.09 Å². The van der Waals surface area contributed by atoms with E-state index in [0.29, 0.717) is 17.4 Å². The van der Waals surface area contributed by atoms with E-state index in [1.807, 2.05) is 24.6 Å². The van der Waals surface area contributed by atoms with Crippen LogP contribution in [-0.2, 0) is 6.42 Å². The molecule has 0 saturated carbocycles. The van der Waals surface area contributed by atoms with E-state index in [1.54, 1.807) is 24.3 Å². The molecule has 1 aromatic heterocycles. The van der Waals surface area contributed by atoms with Crippen LogP contribution in [0, 0.1) is 6.42 Å². The molecule has 0 aliphatic carbocycles. The maximum absolute atomic E-state index is 10.7. The van der Waals surface area contributed by atoms with Crippen molar-refractivity contribution in [3.05, 3.63) is 72.4 Å². The summed E-state index contributed by atoms with van der Waals surface area (Å²) in [5.41, 5.74) is 6.99. The molecule has 0 bridgehead atoms. The van der Waals surface area contributed by atoms with Gasteiger partial charge in [-0.25, -0.2) is 9.78 Å². The molecule has 3 rings (SSSR count). The number of carbonyl (C=O) groups excluding carboxylic acids is 1. The van der Waals surface area contributed by atoms with Crippen LogP contribution < -0.4 is 10.5 Å².